The summed E-state index contributed by atoms with van der Waals surface area (Å²) in [5, 5.41) is 0. The van der Waals surface area contributed by atoms with Crippen LogP contribution >= 0.6 is 0 Å². The molecule has 1 heterocycles. The van der Waals surface area contributed by atoms with Crippen LogP contribution in [0.25, 0.3) is 0 Å². The molecule has 0 unspecified atom stereocenters. The molecule has 1 aliphatic rings. The molecule has 0 radical (unpaired) electrons. The molecule has 1 fully saturated rings. The first-order valence-electron chi connectivity index (χ1n) is 7.91. The first-order chi connectivity index (χ1) is 10.8. The summed E-state index contributed by atoms with van der Waals surface area (Å²) in [7, 11) is 1.65. The van der Waals surface area contributed by atoms with Crippen LogP contribution in [0.3, 0.4) is 0 Å². The van der Waals surface area contributed by atoms with Crippen LogP contribution in [0.2, 0.25) is 0 Å². The van der Waals surface area contributed by atoms with Crippen molar-refractivity contribution in [1.29, 1.82) is 0 Å². The summed E-state index contributed by atoms with van der Waals surface area (Å²) >= 11 is 0. The van der Waals surface area contributed by atoms with Crippen molar-refractivity contribution in [2.75, 3.05) is 39.0 Å². The zero-order valence-electron chi connectivity index (χ0n) is 14.5. The van der Waals surface area contributed by atoms with E-state index >= 15 is 0 Å². The standard InChI is InChI=1S/C17H27N3O3/c1-17(2,3)23-16(21)20-9-7-19(8-10-20)12-13-5-6-14(18)11-15(13)22-4/h5-6,11H,7-10,12,18H2,1-4H3. The molecule has 23 heavy (non-hydrogen) atoms. The quantitative estimate of drug-likeness (QED) is 0.866. The number of methoxy groups -OCH3 is 1. The minimum absolute atomic E-state index is 0.234. The van der Waals surface area contributed by atoms with Crippen LogP contribution in [0.4, 0.5) is 10.5 Å². The summed E-state index contributed by atoms with van der Waals surface area (Å²) in [6.45, 7) is 9.40. The Morgan fingerprint density at radius 3 is 2.43 bits per heavy atom. The van der Waals surface area contributed by atoms with Crippen molar-refractivity contribution in [2.45, 2.75) is 32.9 Å². The van der Waals surface area contributed by atoms with Crippen molar-refractivity contribution in [2.24, 2.45) is 0 Å². The van der Waals surface area contributed by atoms with Crippen molar-refractivity contribution in [3.05, 3.63) is 23.8 Å². The molecule has 6 heteroatoms. The van der Waals surface area contributed by atoms with E-state index in [1.54, 1.807) is 12.0 Å². The molecule has 1 saturated heterocycles. The lowest BCUT2D eigenvalue weighted by Crippen LogP contribution is -2.49. The first kappa shape index (κ1) is 17.4. The van der Waals surface area contributed by atoms with Crippen LogP contribution in [0.15, 0.2) is 18.2 Å². The molecule has 1 aromatic carbocycles. The van der Waals surface area contributed by atoms with Crippen LogP contribution in [0, 0.1) is 0 Å². The zero-order valence-corrected chi connectivity index (χ0v) is 14.5. The highest BCUT2D eigenvalue weighted by atomic mass is 16.6. The number of nitrogens with two attached hydrogens (primary N) is 1. The maximum absolute atomic E-state index is 12.1. The summed E-state index contributed by atoms with van der Waals surface area (Å²) in [4.78, 5) is 16.1. The highest BCUT2D eigenvalue weighted by Crippen LogP contribution is 2.23. The largest absolute Gasteiger partial charge is 0.496 e. The lowest BCUT2D eigenvalue weighted by Gasteiger charge is -2.35. The summed E-state index contributed by atoms with van der Waals surface area (Å²) in [5.41, 5.74) is 7.13. The molecule has 1 aliphatic heterocycles. The van der Waals surface area contributed by atoms with Crippen LogP contribution in [-0.4, -0.2) is 54.8 Å². The number of carbonyl (C=O) groups is 1. The van der Waals surface area contributed by atoms with Crippen molar-refractivity contribution in [3.8, 4) is 5.75 Å². The van der Waals surface area contributed by atoms with Crippen molar-refractivity contribution >= 4 is 11.8 Å². The molecule has 2 N–H and O–H groups in total. The van der Waals surface area contributed by atoms with E-state index in [4.69, 9.17) is 15.2 Å². The number of anilines is 1. The van der Waals surface area contributed by atoms with Crippen LogP contribution in [-0.2, 0) is 11.3 Å². The van der Waals surface area contributed by atoms with E-state index in [2.05, 4.69) is 4.90 Å². The fourth-order valence-electron chi connectivity index (χ4n) is 2.55. The second-order valence-corrected chi connectivity index (χ2v) is 6.81. The van der Waals surface area contributed by atoms with Gasteiger partial charge in [-0.25, -0.2) is 4.79 Å². The number of nitrogen functional groups attached to an aromatic ring is 1. The van der Waals surface area contributed by atoms with Gasteiger partial charge in [0.15, 0.2) is 0 Å². The molecular formula is C17H27N3O3. The van der Waals surface area contributed by atoms with E-state index in [0.717, 1.165) is 30.9 Å². The number of hydrogen-bond acceptors (Lipinski definition) is 5. The predicted molar refractivity (Wildman–Crippen MR) is 90.5 cm³/mol. The Morgan fingerprint density at radius 1 is 1.22 bits per heavy atom. The zero-order chi connectivity index (χ0) is 17.0. The van der Waals surface area contributed by atoms with Gasteiger partial charge in [-0.05, 0) is 26.8 Å². The Kier molecular flexibility index (Phi) is 5.36. The van der Waals surface area contributed by atoms with Crippen LogP contribution in [0.5, 0.6) is 5.75 Å². The smallest absolute Gasteiger partial charge is 0.410 e. The van der Waals surface area contributed by atoms with Crippen LogP contribution < -0.4 is 10.5 Å². The van der Waals surface area contributed by atoms with Crippen LogP contribution in [0.1, 0.15) is 26.3 Å². The SMILES string of the molecule is COc1cc(N)ccc1CN1CCN(C(=O)OC(C)(C)C)CC1. The summed E-state index contributed by atoms with van der Waals surface area (Å²) in [6, 6.07) is 5.72. The minimum atomic E-state index is -0.453. The number of nitrogens with zero attached hydrogens (tertiary/aromatic N) is 2. The van der Waals surface area contributed by atoms with Gasteiger partial charge in [-0.1, -0.05) is 6.07 Å². The number of ether oxygens (including phenoxy) is 2. The maximum atomic E-state index is 12.1. The maximum Gasteiger partial charge on any atom is 0.410 e. The third-order valence-electron chi connectivity index (χ3n) is 3.73. The van der Waals surface area contributed by atoms with Crippen molar-refractivity contribution < 1.29 is 14.3 Å². The third-order valence-corrected chi connectivity index (χ3v) is 3.73. The van der Waals surface area contributed by atoms with Gasteiger partial charge < -0.3 is 20.1 Å². The average Bonchev–Trinajstić information content (AvgIpc) is 2.48. The Hall–Kier alpha value is -1.95. The fourth-order valence-corrected chi connectivity index (χ4v) is 2.55. The Balaban J connectivity index is 1.89. The minimum Gasteiger partial charge on any atom is -0.496 e. The normalized spacial score (nSPS) is 16.3. The van der Waals surface area contributed by atoms with Gasteiger partial charge in [0.2, 0.25) is 0 Å². The van der Waals surface area contributed by atoms with Gasteiger partial charge in [0.1, 0.15) is 11.4 Å². The van der Waals surface area contributed by atoms with E-state index in [0.29, 0.717) is 18.8 Å². The third kappa shape index (κ3) is 5.03. The van der Waals surface area contributed by atoms with Crippen molar-refractivity contribution in [1.82, 2.24) is 9.80 Å². The van der Waals surface area contributed by atoms with Gasteiger partial charge in [0.25, 0.3) is 0 Å². The number of rotatable bonds is 3. The lowest BCUT2D eigenvalue weighted by molar-refractivity contribution is 0.0138. The van der Waals surface area contributed by atoms with Gasteiger partial charge in [-0.15, -0.1) is 0 Å². The summed E-state index contributed by atoms with van der Waals surface area (Å²) < 4.78 is 10.8. The Labute approximate surface area is 138 Å². The number of carbonyl (C=O) groups excluding carboxylic acids is 1. The highest BCUT2D eigenvalue weighted by molar-refractivity contribution is 5.68. The van der Waals surface area contributed by atoms with Gasteiger partial charge >= 0.3 is 6.09 Å². The van der Waals surface area contributed by atoms with E-state index in [1.807, 2.05) is 39.0 Å². The molecule has 6 nitrogen and oxygen atoms in total. The molecule has 0 aliphatic carbocycles. The molecule has 128 valence electrons. The second kappa shape index (κ2) is 7.08. The summed E-state index contributed by atoms with van der Waals surface area (Å²) in [5.74, 6) is 0.805. The van der Waals surface area contributed by atoms with Gasteiger partial charge in [-0.2, -0.15) is 0 Å². The fraction of sp³-hybridized carbons (Fsp3) is 0.588. The highest BCUT2D eigenvalue weighted by Gasteiger charge is 2.26. The molecular weight excluding hydrogens is 294 g/mol. The molecule has 1 aromatic rings. The molecule has 1 amide bonds. The van der Waals surface area contributed by atoms with Gasteiger partial charge in [-0.3, -0.25) is 4.90 Å². The monoisotopic (exact) mass is 321 g/mol. The number of benzene rings is 1. The topological polar surface area (TPSA) is 68.0 Å². The van der Waals surface area contributed by atoms with Gasteiger partial charge in [0, 0.05) is 50.0 Å². The molecule has 0 atom stereocenters. The Morgan fingerprint density at radius 2 is 1.87 bits per heavy atom. The number of amides is 1. The van der Waals surface area contributed by atoms with Crippen molar-refractivity contribution in [3.63, 3.8) is 0 Å². The molecule has 0 spiro atoms. The second-order valence-electron chi connectivity index (χ2n) is 6.81. The molecule has 0 aromatic heterocycles. The molecule has 0 bridgehead atoms. The van der Waals surface area contributed by atoms with Gasteiger partial charge in [0.05, 0.1) is 7.11 Å². The van der Waals surface area contributed by atoms with E-state index < -0.39 is 5.60 Å². The van der Waals surface area contributed by atoms with E-state index in [-0.39, 0.29) is 6.09 Å². The van der Waals surface area contributed by atoms with E-state index in [9.17, 15) is 4.79 Å². The number of hydrogen-bond donors (Lipinski definition) is 1. The summed E-state index contributed by atoms with van der Waals surface area (Å²) in [6.07, 6.45) is -0.234. The number of piperazine rings is 1. The predicted octanol–water partition coefficient (Wildman–Crippen LogP) is 2.33. The Bertz CT molecular complexity index is 547. The first-order valence-corrected chi connectivity index (χ1v) is 7.91. The lowest BCUT2D eigenvalue weighted by atomic mass is 10.1. The molecule has 0 saturated carbocycles. The van der Waals surface area contributed by atoms with E-state index in [1.165, 1.54) is 0 Å². The average molecular weight is 321 g/mol. The molecule has 2 rings (SSSR count).